The Morgan fingerprint density at radius 1 is 1.64 bits per heavy atom. The van der Waals surface area contributed by atoms with Crippen LogP contribution in [0.1, 0.15) is 10.4 Å². The molecule has 0 saturated heterocycles. The fourth-order valence-electron chi connectivity index (χ4n) is 0.944. The highest BCUT2D eigenvalue weighted by Gasteiger charge is 2.10. The van der Waals surface area contributed by atoms with Crippen LogP contribution < -0.4 is 0 Å². The number of hydrogen-bond donors (Lipinski definition) is 1. The second-order valence-corrected chi connectivity index (χ2v) is 4.04. The Balaban J connectivity index is 3.01. The number of hydrogen-bond acceptors (Lipinski definition) is 2. The van der Waals surface area contributed by atoms with Crippen LogP contribution in [0.15, 0.2) is 35.7 Å². The van der Waals surface area contributed by atoms with Crippen LogP contribution in [0.5, 0.6) is 0 Å². The standard InChI is InChI=1S/C10H9ClO2S/c1-2-5-14-9-4-3-7(11)6-8(9)10(12)13/h2-4,6H,1,5H2,(H,12,13). The summed E-state index contributed by atoms with van der Waals surface area (Å²) < 4.78 is 0. The van der Waals surface area contributed by atoms with E-state index < -0.39 is 5.97 Å². The number of halogens is 1. The predicted molar refractivity (Wildman–Crippen MR) is 59.3 cm³/mol. The van der Waals surface area contributed by atoms with Crippen molar-refractivity contribution in [3.8, 4) is 0 Å². The van der Waals surface area contributed by atoms with Gasteiger partial charge < -0.3 is 5.11 Å². The minimum absolute atomic E-state index is 0.240. The van der Waals surface area contributed by atoms with Crippen LogP contribution in [0.25, 0.3) is 0 Å². The molecule has 0 heterocycles. The molecule has 1 aromatic carbocycles. The normalized spacial score (nSPS) is 9.79. The molecule has 1 aromatic rings. The number of aromatic carboxylic acids is 1. The number of carboxylic acid groups (broad SMARTS) is 1. The van der Waals surface area contributed by atoms with Crippen molar-refractivity contribution >= 4 is 29.3 Å². The summed E-state index contributed by atoms with van der Waals surface area (Å²) in [7, 11) is 0. The van der Waals surface area contributed by atoms with Gasteiger partial charge in [-0.1, -0.05) is 17.7 Å². The fourth-order valence-corrected chi connectivity index (χ4v) is 1.88. The number of rotatable bonds is 4. The summed E-state index contributed by atoms with van der Waals surface area (Å²) >= 11 is 7.13. The molecular formula is C10H9ClO2S. The first-order valence-electron chi connectivity index (χ1n) is 3.91. The molecule has 1 N–H and O–H groups in total. The molecule has 0 fully saturated rings. The van der Waals surface area contributed by atoms with E-state index >= 15 is 0 Å². The average Bonchev–Trinajstić information content (AvgIpc) is 2.15. The Hall–Kier alpha value is -0.930. The Morgan fingerprint density at radius 3 is 2.93 bits per heavy atom. The molecule has 0 radical (unpaired) electrons. The lowest BCUT2D eigenvalue weighted by atomic mass is 10.2. The third kappa shape index (κ3) is 2.79. The van der Waals surface area contributed by atoms with E-state index in [0.29, 0.717) is 15.7 Å². The van der Waals surface area contributed by atoms with Crippen LogP contribution >= 0.6 is 23.4 Å². The maximum Gasteiger partial charge on any atom is 0.336 e. The predicted octanol–water partition coefficient (Wildman–Crippen LogP) is 3.32. The zero-order valence-corrected chi connectivity index (χ0v) is 8.94. The monoisotopic (exact) mass is 228 g/mol. The summed E-state index contributed by atoms with van der Waals surface area (Å²) in [5.74, 6) is -0.277. The van der Waals surface area contributed by atoms with Crippen molar-refractivity contribution in [3.05, 3.63) is 41.4 Å². The maximum absolute atomic E-state index is 10.8. The third-order valence-electron chi connectivity index (χ3n) is 1.53. The van der Waals surface area contributed by atoms with E-state index in [1.165, 1.54) is 17.8 Å². The first-order chi connectivity index (χ1) is 6.65. The molecule has 4 heteroatoms. The van der Waals surface area contributed by atoms with Gasteiger partial charge in [0.25, 0.3) is 0 Å². The molecule has 0 aliphatic heterocycles. The van der Waals surface area contributed by atoms with Crippen LogP contribution in [-0.4, -0.2) is 16.8 Å². The zero-order chi connectivity index (χ0) is 10.6. The second kappa shape index (κ2) is 5.08. The number of benzene rings is 1. The summed E-state index contributed by atoms with van der Waals surface area (Å²) in [6, 6.07) is 4.84. The summed E-state index contributed by atoms with van der Waals surface area (Å²) in [4.78, 5) is 11.5. The lowest BCUT2D eigenvalue weighted by Gasteiger charge is -2.04. The van der Waals surface area contributed by atoms with Crippen molar-refractivity contribution in [2.45, 2.75) is 4.90 Å². The molecule has 0 amide bonds. The maximum atomic E-state index is 10.8. The average molecular weight is 229 g/mol. The van der Waals surface area contributed by atoms with Gasteiger partial charge in [0.1, 0.15) is 0 Å². The van der Waals surface area contributed by atoms with Crippen molar-refractivity contribution in [1.82, 2.24) is 0 Å². The summed E-state index contributed by atoms with van der Waals surface area (Å²) in [6.45, 7) is 3.57. The topological polar surface area (TPSA) is 37.3 Å². The molecule has 0 aromatic heterocycles. The van der Waals surface area contributed by atoms with Gasteiger partial charge in [0.2, 0.25) is 0 Å². The quantitative estimate of drug-likeness (QED) is 0.635. The van der Waals surface area contributed by atoms with Gasteiger partial charge >= 0.3 is 5.97 Å². The van der Waals surface area contributed by atoms with E-state index in [1.807, 2.05) is 0 Å². The molecule has 74 valence electrons. The van der Waals surface area contributed by atoms with Gasteiger partial charge in [-0.25, -0.2) is 4.79 Å². The van der Waals surface area contributed by atoms with Gasteiger partial charge in [0.05, 0.1) is 5.56 Å². The van der Waals surface area contributed by atoms with Crippen molar-refractivity contribution in [1.29, 1.82) is 0 Å². The van der Waals surface area contributed by atoms with E-state index in [9.17, 15) is 4.79 Å². The highest BCUT2D eigenvalue weighted by molar-refractivity contribution is 7.99. The Kier molecular flexibility index (Phi) is 4.04. The lowest BCUT2D eigenvalue weighted by molar-refractivity contribution is 0.0693. The molecular weight excluding hydrogens is 220 g/mol. The SMILES string of the molecule is C=CCSc1ccc(Cl)cc1C(=O)O. The van der Waals surface area contributed by atoms with Gasteiger partial charge in [-0.15, -0.1) is 18.3 Å². The van der Waals surface area contributed by atoms with Crippen LogP contribution in [0.3, 0.4) is 0 Å². The molecule has 14 heavy (non-hydrogen) atoms. The van der Waals surface area contributed by atoms with Gasteiger partial charge in [-0.2, -0.15) is 0 Å². The number of carbonyl (C=O) groups is 1. The largest absolute Gasteiger partial charge is 0.478 e. The van der Waals surface area contributed by atoms with Crippen molar-refractivity contribution < 1.29 is 9.90 Å². The van der Waals surface area contributed by atoms with E-state index in [2.05, 4.69) is 6.58 Å². The Morgan fingerprint density at radius 2 is 2.36 bits per heavy atom. The van der Waals surface area contributed by atoms with Crippen molar-refractivity contribution in [3.63, 3.8) is 0 Å². The highest BCUT2D eigenvalue weighted by Crippen LogP contribution is 2.25. The Labute approximate surface area is 91.6 Å². The lowest BCUT2D eigenvalue weighted by Crippen LogP contribution is -1.98. The summed E-state index contributed by atoms with van der Waals surface area (Å²) in [5, 5.41) is 9.33. The molecule has 0 aliphatic rings. The van der Waals surface area contributed by atoms with Crippen LogP contribution in [0.2, 0.25) is 5.02 Å². The summed E-state index contributed by atoms with van der Waals surface area (Å²) in [6.07, 6.45) is 1.73. The van der Waals surface area contributed by atoms with Crippen LogP contribution in [0.4, 0.5) is 0 Å². The minimum atomic E-state index is -0.959. The molecule has 2 nitrogen and oxygen atoms in total. The first-order valence-corrected chi connectivity index (χ1v) is 5.28. The first kappa shape index (κ1) is 11.1. The van der Waals surface area contributed by atoms with Gasteiger partial charge in [-0.3, -0.25) is 0 Å². The van der Waals surface area contributed by atoms with E-state index in [-0.39, 0.29) is 5.56 Å². The molecule has 0 atom stereocenters. The molecule has 0 unspecified atom stereocenters. The van der Waals surface area contributed by atoms with E-state index in [1.54, 1.807) is 18.2 Å². The van der Waals surface area contributed by atoms with Gasteiger partial charge in [0.15, 0.2) is 0 Å². The van der Waals surface area contributed by atoms with Crippen LogP contribution in [0, 0.1) is 0 Å². The highest BCUT2D eigenvalue weighted by atomic mass is 35.5. The smallest absolute Gasteiger partial charge is 0.336 e. The van der Waals surface area contributed by atoms with Crippen LogP contribution in [-0.2, 0) is 0 Å². The Bertz CT molecular complexity index is 363. The third-order valence-corrected chi connectivity index (χ3v) is 2.83. The second-order valence-electron chi connectivity index (χ2n) is 2.55. The van der Waals surface area contributed by atoms with Crippen molar-refractivity contribution in [2.24, 2.45) is 0 Å². The molecule has 0 spiro atoms. The minimum Gasteiger partial charge on any atom is -0.478 e. The molecule has 0 saturated carbocycles. The van der Waals surface area contributed by atoms with Gasteiger partial charge in [-0.05, 0) is 18.2 Å². The summed E-state index contributed by atoms with van der Waals surface area (Å²) in [5.41, 5.74) is 0.240. The number of carboxylic acids is 1. The molecule has 1 rings (SSSR count). The zero-order valence-electron chi connectivity index (χ0n) is 7.37. The van der Waals surface area contributed by atoms with Crippen molar-refractivity contribution in [2.75, 3.05) is 5.75 Å². The van der Waals surface area contributed by atoms with E-state index in [0.717, 1.165) is 0 Å². The molecule has 0 bridgehead atoms. The fraction of sp³-hybridized carbons (Fsp3) is 0.100. The van der Waals surface area contributed by atoms with Gasteiger partial charge in [0, 0.05) is 15.7 Å². The molecule has 0 aliphatic carbocycles. The van der Waals surface area contributed by atoms with E-state index in [4.69, 9.17) is 16.7 Å². The number of thioether (sulfide) groups is 1.